The van der Waals surface area contributed by atoms with E-state index in [9.17, 15) is 84.7 Å². The summed E-state index contributed by atoms with van der Waals surface area (Å²) in [6.07, 6.45) is -11.0. The molecule has 4 N–H and O–H groups in total. The topological polar surface area (TPSA) is 236 Å². The number of amides is 3. The highest BCUT2D eigenvalue weighted by Gasteiger charge is 2.49. The number of fused-ring (bicyclic) bond motifs is 1. The van der Waals surface area contributed by atoms with Crippen molar-refractivity contribution in [3.63, 3.8) is 0 Å². The molecule has 0 spiro atoms. The van der Waals surface area contributed by atoms with Crippen molar-refractivity contribution in [1.29, 1.82) is 0 Å². The van der Waals surface area contributed by atoms with Crippen molar-refractivity contribution in [2.75, 3.05) is 36.2 Å². The van der Waals surface area contributed by atoms with Gasteiger partial charge in [-0.2, -0.15) is 40.8 Å². The van der Waals surface area contributed by atoms with E-state index in [0.29, 0.717) is 17.0 Å². The van der Waals surface area contributed by atoms with Crippen LogP contribution in [-0.2, 0) is 68.0 Å². The van der Waals surface area contributed by atoms with Gasteiger partial charge < -0.3 is 20.4 Å². The van der Waals surface area contributed by atoms with Gasteiger partial charge in [0.25, 0.3) is 0 Å². The Morgan fingerprint density at radius 3 is 2.12 bits per heavy atom. The molecule has 406 valence electrons. The average Bonchev–Trinajstić information content (AvgIpc) is 3.81. The van der Waals surface area contributed by atoms with Crippen molar-refractivity contribution in [3.8, 4) is 11.1 Å². The zero-order valence-electron chi connectivity index (χ0n) is 39.2. The van der Waals surface area contributed by atoms with Crippen molar-refractivity contribution in [2.45, 2.75) is 88.4 Å². The molecule has 1 unspecified atom stereocenters. The van der Waals surface area contributed by atoms with Crippen molar-refractivity contribution in [3.05, 3.63) is 93.0 Å². The lowest BCUT2D eigenvalue weighted by atomic mass is 9.93. The van der Waals surface area contributed by atoms with Crippen LogP contribution in [-0.4, -0.2) is 106 Å². The molecule has 3 aromatic heterocycles. The van der Waals surface area contributed by atoms with Crippen LogP contribution in [0.4, 0.5) is 54.5 Å². The molecule has 0 aliphatic heterocycles. The van der Waals surface area contributed by atoms with Crippen molar-refractivity contribution in [1.82, 2.24) is 35.2 Å². The second-order valence-corrected chi connectivity index (χ2v) is 24.9. The molecule has 1 saturated carbocycles. The van der Waals surface area contributed by atoms with Crippen LogP contribution in [0.25, 0.3) is 22.0 Å². The van der Waals surface area contributed by atoms with Gasteiger partial charge in [0.05, 0.1) is 57.2 Å². The third kappa shape index (κ3) is 13.5. The Balaban J connectivity index is 1.61. The number of pyridine rings is 1. The number of hydrogen-bond donors (Lipinski definition) is 4. The monoisotopic (exact) mass is 1140 g/mol. The zero-order chi connectivity index (χ0) is 55.3. The zero-order valence-corrected chi connectivity index (χ0v) is 42.5. The lowest BCUT2D eigenvalue weighted by Gasteiger charge is -2.25. The first-order valence-electron chi connectivity index (χ1n) is 21.8. The molecule has 3 atom stereocenters. The van der Waals surface area contributed by atoms with Gasteiger partial charge in [0.15, 0.2) is 21.3 Å². The number of carbonyl (C=O) groups excluding carboxylic acids is 2. The molecular formula is C43H46ClF10N8O9PS2. The van der Waals surface area contributed by atoms with Crippen LogP contribution in [0.3, 0.4) is 0 Å². The fraction of sp³-hybridized carbons (Fsp3) is 0.465. The standard InChI is InChI=1S/C43H46ClF10N8O9PS2/c1-41(2,73(3,68)69)10-9-26-5-6-27(28-7-8-30(44)35-37(28)61(21-42(49,50)51)59-39(35)62(74(4,70)71)40(64)55-11-12-72(65,66)67)36(56-26)31(15-22-13-24(47)17-25(48)14-22)57-33(63)20-60-32(19-46)34(29-16-23(29)18-45)38(58-60)43(52,53)54/h5-8,13-14,17,23,29,31H,9-12,15-16,18-21H2,1-4H3,(H,55,64)(H,57,63)(H2,65,66,67)/t23?,29-,31-/m0/s1. The first-order valence-corrected chi connectivity index (χ1v) is 27.8. The number of benzene rings is 2. The molecule has 5 aromatic rings. The van der Waals surface area contributed by atoms with Crippen LogP contribution in [0, 0.1) is 17.6 Å². The van der Waals surface area contributed by atoms with Crippen LogP contribution in [0.15, 0.2) is 42.5 Å². The highest BCUT2D eigenvalue weighted by atomic mass is 35.5. The Bertz CT molecular complexity index is 3240. The number of aryl methyl sites for hydroxylation is 1. The van der Waals surface area contributed by atoms with E-state index >= 15 is 0 Å². The number of sulfone groups is 1. The molecule has 0 radical (unpaired) electrons. The van der Waals surface area contributed by atoms with Crippen molar-refractivity contribution >= 4 is 67.7 Å². The van der Waals surface area contributed by atoms with Crippen LogP contribution >= 0.6 is 19.2 Å². The molecule has 1 aliphatic carbocycles. The van der Waals surface area contributed by atoms with E-state index in [1.165, 1.54) is 26.0 Å². The second kappa shape index (κ2) is 21.3. The summed E-state index contributed by atoms with van der Waals surface area (Å²) in [5, 5.41) is 10.6. The number of sulfonamides is 1. The van der Waals surface area contributed by atoms with Crippen molar-refractivity contribution < 1.29 is 84.7 Å². The number of nitrogens with one attached hydrogen (secondary N) is 2. The van der Waals surface area contributed by atoms with Crippen LogP contribution in [0.2, 0.25) is 5.02 Å². The van der Waals surface area contributed by atoms with Gasteiger partial charge in [0.1, 0.15) is 31.4 Å². The maximum atomic E-state index is 14.8. The number of halogens is 11. The van der Waals surface area contributed by atoms with Crippen LogP contribution in [0.1, 0.15) is 72.6 Å². The molecule has 2 aromatic carbocycles. The number of carbonyl (C=O) groups is 2. The molecule has 31 heteroatoms. The molecule has 6 rings (SSSR count). The van der Waals surface area contributed by atoms with Gasteiger partial charge in [-0.3, -0.25) is 28.1 Å². The number of rotatable bonds is 20. The first kappa shape index (κ1) is 57.9. The normalized spacial score (nSPS) is 16.1. The summed E-state index contributed by atoms with van der Waals surface area (Å²) in [5.74, 6) is -6.56. The summed E-state index contributed by atoms with van der Waals surface area (Å²) < 4.78 is 207. The predicted octanol–water partition coefficient (Wildman–Crippen LogP) is 7.86. The first-order chi connectivity index (χ1) is 34.0. The van der Waals surface area contributed by atoms with Crippen LogP contribution < -0.4 is 14.9 Å². The Hall–Kier alpha value is -5.35. The van der Waals surface area contributed by atoms with Gasteiger partial charge in [0, 0.05) is 41.3 Å². The maximum Gasteiger partial charge on any atom is 0.435 e. The summed E-state index contributed by atoms with van der Waals surface area (Å²) in [5.41, 5.74) is -4.82. The van der Waals surface area contributed by atoms with E-state index < -0.39 is 170 Å². The molecule has 3 heterocycles. The second-order valence-electron chi connectivity index (χ2n) is 18.2. The van der Waals surface area contributed by atoms with Gasteiger partial charge in [0.2, 0.25) is 15.9 Å². The minimum atomic E-state index is -5.20. The van der Waals surface area contributed by atoms with Gasteiger partial charge in [-0.25, -0.2) is 34.8 Å². The Kier molecular flexibility index (Phi) is 16.7. The number of aromatic nitrogens is 5. The van der Waals surface area contributed by atoms with E-state index in [0.717, 1.165) is 30.5 Å². The molecule has 0 bridgehead atoms. The Morgan fingerprint density at radius 2 is 1.58 bits per heavy atom. The summed E-state index contributed by atoms with van der Waals surface area (Å²) >= 11 is 6.60. The number of anilines is 1. The Morgan fingerprint density at radius 1 is 0.946 bits per heavy atom. The fourth-order valence-corrected chi connectivity index (χ4v) is 10.1. The van der Waals surface area contributed by atoms with Gasteiger partial charge in [-0.1, -0.05) is 23.7 Å². The van der Waals surface area contributed by atoms with E-state index in [4.69, 9.17) is 11.6 Å². The molecule has 1 aliphatic rings. The average molecular weight is 1140 g/mol. The largest absolute Gasteiger partial charge is 0.435 e. The van der Waals surface area contributed by atoms with Gasteiger partial charge in [-0.05, 0) is 81.2 Å². The molecule has 3 amide bonds. The molecular weight excluding hydrogens is 1090 g/mol. The SMILES string of the molecule is CC(C)(CCc1ccc(-c2ccc(Cl)c3c(N(C(=O)NCCP(=O)(O)O)S(C)(=O)=O)nn(CC(F)(F)F)c23)c([C@H](Cc2cc(F)cc(F)c2)NC(=O)Cn2nc(C(F)(F)F)c([C@H]3CC3CF)c2CF)n1)S(C)(=O)=O. The maximum absolute atomic E-state index is 14.8. The van der Waals surface area contributed by atoms with Gasteiger partial charge >= 0.3 is 26.0 Å². The van der Waals surface area contributed by atoms with Crippen molar-refractivity contribution in [2.24, 2.45) is 5.92 Å². The summed E-state index contributed by atoms with van der Waals surface area (Å²) in [6, 6.07) is 3.41. The van der Waals surface area contributed by atoms with E-state index in [-0.39, 0.29) is 56.3 Å². The minimum Gasteiger partial charge on any atom is -0.346 e. The van der Waals surface area contributed by atoms with E-state index in [2.05, 4.69) is 20.5 Å². The predicted molar refractivity (Wildman–Crippen MR) is 249 cm³/mol. The molecule has 0 saturated heterocycles. The minimum absolute atomic E-state index is 0.0353. The molecule has 1 fully saturated rings. The number of urea groups is 1. The lowest BCUT2D eigenvalue weighted by molar-refractivity contribution is -0.142. The fourth-order valence-electron chi connectivity index (χ4n) is 8.16. The molecule has 17 nitrogen and oxygen atoms in total. The summed E-state index contributed by atoms with van der Waals surface area (Å²) in [6.45, 7) is -3.87. The van der Waals surface area contributed by atoms with E-state index in [1.54, 1.807) is 0 Å². The molecule has 74 heavy (non-hydrogen) atoms. The quantitative estimate of drug-likeness (QED) is 0.0431. The highest BCUT2D eigenvalue weighted by molar-refractivity contribution is 7.93. The Labute approximate surface area is 420 Å². The highest BCUT2D eigenvalue weighted by Crippen LogP contribution is 2.52. The third-order valence-electron chi connectivity index (χ3n) is 12.1. The van der Waals surface area contributed by atoms with Gasteiger partial charge in [-0.15, -0.1) is 0 Å². The smallest absolute Gasteiger partial charge is 0.346 e. The van der Waals surface area contributed by atoms with Crippen LogP contribution in [0.5, 0.6) is 0 Å². The number of hydrogen-bond acceptors (Lipinski definition) is 10. The summed E-state index contributed by atoms with van der Waals surface area (Å²) in [7, 11) is -13.5. The van der Waals surface area contributed by atoms with E-state index in [1.807, 2.05) is 5.32 Å². The number of alkyl halides is 8. The lowest BCUT2D eigenvalue weighted by Crippen LogP contribution is -2.44. The number of nitrogens with zero attached hydrogens (tertiary/aromatic N) is 6. The third-order valence-corrected chi connectivity index (χ3v) is 16.4. The summed E-state index contributed by atoms with van der Waals surface area (Å²) in [4.78, 5) is 51.0.